The summed E-state index contributed by atoms with van der Waals surface area (Å²) in [4.78, 5) is 12.2. The molecule has 0 aliphatic rings. The van der Waals surface area contributed by atoms with Gasteiger partial charge in [0.05, 0.1) is 0 Å². The molecule has 0 fully saturated rings. The molecule has 110 valence electrons. The van der Waals surface area contributed by atoms with Crippen LogP contribution in [0.25, 0.3) is 0 Å². The standard InChI is InChI=1S/C16H15Cl2NO2/c17-13-8-12(9-14(18)10-13)16(21)19-15-5-1-3-11(7-15)4-2-6-20/h1,3,5,7-10,20H,2,4,6H2,(H,19,21). The number of aryl methyl sites for hydroxylation is 1. The molecule has 3 nitrogen and oxygen atoms in total. The predicted octanol–water partition coefficient (Wildman–Crippen LogP) is 4.17. The lowest BCUT2D eigenvalue weighted by Crippen LogP contribution is -2.12. The minimum absolute atomic E-state index is 0.150. The largest absolute Gasteiger partial charge is 0.396 e. The Balaban J connectivity index is 2.11. The minimum Gasteiger partial charge on any atom is -0.396 e. The third-order valence-electron chi connectivity index (χ3n) is 2.93. The molecule has 0 bridgehead atoms. The maximum Gasteiger partial charge on any atom is 0.255 e. The van der Waals surface area contributed by atoms with Crippen molar-refractivity contribution >= 4 is 34.8 Å². The van der Waals surface area contributed by atoms with E-state index in [1.165, 1.54) is 0 Å². The number of aliphatic hydroxyl groups is 1. The van der Waals surface area contributed by atoms with Crippen LogP contribution >= 0.6 is 23.2 Å². The van der Waals surface area contributed by atoms with Crippen molar-refractivity contribution in [1.29, 1.82) is 0 Å². The van der Waals surface area contributed by atoms with E-state index in [9.17, 15) is 4.79 Å². The summed E-state index contributed by atoms with van der Waals surface area (Å²) in [6.07, 6.45) is 1.46. The monoisotopic (exact) mass is 323 g/mol. The van der Waals surface area contributed by atoms with Crippen molar-refractivity contribution in [2.24, 2.45) is 0 Å². The molecular weight excluding hydrogens is 309 g/mol. The van der Waals surface area contributed by atoms with Crippen LogP contribution in [0, 0.1) is 0 Å². The van der Waals surface area contributed by atoms with Gasteiger partial charge in [-0.3, -0.25) is 4.79 Å². The smallest absolute Gasteiger partial charge is 0.255 e. The van der Waals surface area contributed by atoms with Crippen molar-refractivity contribution < 1.29 is 9.90 Å². The second-order valence-electron chi connectivity index (χ2n) is 4.64. The highest BCUT2D eigenvalue weighted by Crippen LogP contribution is 2.20. The summed E-state index contributed by atoms with van der Waals surface area (Å²) in [7, 11) is 0. The van der Waals surface area contributed by atoms with E-state index in [1.807, 2.05) is 24.3 Å². The molecule has 21 heavy (non-hydrogen) atoms. The highest BCUT2D eigenvalue weighted by atomic mass is 35.5. The van der Waals surface area contributed by atoms with E-state index in [4.69, 9.17) is 28.3 Å². The fraction of sp³-hybridized carbons (Fsp3) is 0.188. The van der Waals surface area contributed by atoms with Gasteiger partial charge in [0.2, 0.25) is 0 Å². The Morgan fingerprint density at radius 3 is 2.48 bits per heavy atom. The molecule has 1 amide bonds. The van der Waals surface area contributed by atoms with Crippen molar-refractivity contribution in [3.8, 4) is 0 Å². The van der Waals surface area contributed by atoms with Crippen molar-refractivity contribution in [3.05, 3.63) is 63.6 Å². The molecule has 2 aromatic rings. The van der Waals surface area contributed by atoms with Crippen LogP contribution in [0.3, 0.4) is 0 Å². The average molecular weight is 324 g/mol. The van der Waals surface area contributed by atoms with Gasteiger partial charge in [0.25, 0.3) is 5.91 Å². The Morgan fingerprint density at radius 2 is 1.81 bits per heavy atom. The molecule has 0 unspecified atom stereocenters. The highest BCUT2D eigenvalue weighted by molar-refractivity contribution is 6.35. The van der Waals surface area contributed by atoms with Gasteiger partial charge in [0.1, 0.15) is 0 Å². The quantitative estimate of drug-likeness (QED) is 0.867. The summed E-state index contributed by atoms with van der Waals surface area (Å²) in [6.45, 7) is 0.150. The Hall–Kier alpha value is -1.55. The summed E-state index contributed by atoms with van der Waals surface area (Å²) in [5, 5.41) is 12.5. The van der Waals surface area contributed by atoms with Crippen molar-refractivity contribution in [3.63, 3.8) is 0 Å². The zero-order valence-corrected chi connectivity index (χ0v) is 12.8. The number of benzene rings is 2. The Morgan fingerprint density at radius 1 is 1.10 bits per heavy atom. The first-order valence-electron chi connectivity index (χ1n) is 6.56. The van der Waals surface area contributed by atoms with Crippen molar-refractivity contribution in [2.45, 2.75) is 12.8 Å². The van der Waals surface area contributed by atoms with Gasteiger partial charge in [-0.25, -0.2) is 0 Å². The summed E-state index contributed by atoms with van der Waals surface area (Å²) >= 11 is 11.8. The molecule has 0 aliphatic carbocycles. The minimum atomic E-state index is -0.265. The van der Waals surface area contributed by atoms with E-state index in [-0.39, 0.29) is 12.5 Å². The Kier molecular flexibility index (Phi) is 5.62. The van der Waals surface area contributed by atoms with E-state index in [0.29, 0.717) is 27.7 Å². The van der Waals surface area contributed by atoms with Crippen molar-refractivity contribution in [2.75, 3.05) is 11.9 Å². The molecule has 0 aromatic heterocycles. The maximum absolute atomic E-state index is 12.2. The number of aliphatic hydroxyl groups excluding tert-OH is 1. The summed E-state index contributed by atoms with van der Waals surface area (Å²) in [5.74, 6) is -0.265. The number of amides is 1. The van der Waals surface area contributed by atoms with Crippen LogP contribution in [0.1, 0.15) is 22.3 Å². The molecule has 0 heterocycles. The fourth-order valence-electron chi connectivity index (χ4n) is 1.98. The number of rotatable bonds is 5. The van der Waals surface area contributed by atoms with Crippen LogP contribution < -0.4 is 5.32 Å². The molecule has 0 atom stereocenters. The van der Waals surface area contributed by atoms with E-state index < -0.39 is 0 Å². The molecule has 0 spiro atoms. The number of halogens is 2. The first-order chi connectivity index (χ1) is 10.1. The first-order valence-corrected chi connectivity index (χ1v) is 7.31. The van der Waals surface area contributed by atoms with Crippen LogP contribution in [-0.4, -0.2) is 17.6 Å². The molecule has 0 saturated heterocycles. The third kappa shape index (κ3) is 4.74. The number of hydrogen-bond donors (Lipinski definition) is 2. The third-order valence-corrected chi connectivity index (χ3v) is 3.37. The first kappa shape index (κ1) is 15.8. The van der Waals surface area contributed by atoms with Gasteiger partial charge in [0.15, 0.2) is 0 Å². The average Bonchev–Trinajstić information content (AvgIpc) is 2.44. The topological polar surface area (TPSA) is 49.3 Å². The van der Waals surface area contributed by atoms with Crippen LogP contribution in [-0.2, 0) is 6.42 Å². The normalized spacial score (nSPS) is 10.4. The lowest BCUT2D eigenvalue weighted by atomic mass is 10.1. The number of carbonyl (C=O) groups is 1. The second-order valence-corrected chi connectivity index (χ2v) is 5.51. The highest BCUT2D eigenvalue weighted by Gasteiger charge is 2.08. The van der Waals surface area contributed by atoms with Crippen LogP contribution in [0.15, 0.2) is 42.5 Å². The molecule has 2 aromatic carbocycles. The fourth-order valence-corrected chi connectivity index (χ4v) is 2.50. The number of nitrogens with one attached hydrogen (secondary N) is 1. The van der Waals surface area contributed by atoms with Gasteiger partial charge in [0, 0.05) is 27.9 Å². The van der Waals surface area contributed by atoms with E-state index in [0.717, 1.165) is 12.0 Å². The lowest BCUT2D eigenvalue weighted by molar-refractivity contribution is 0.102. The molecule has 2 N–H and O–H groups in total. The molecule has 5 heteroatoms. The van der Waals surface area contributed by atoms with E-state index in [2.05, 4.69) is 5.32 Å². The summed E-state index contributed by atoms with van der Waals surface area (Å²) in [6, 6.07) is 12.2. The number of hydrogen-bond acceptors (Lipinski definition) is 2. The van der Waals surface area contributed by atoms with Gasteiger partial charge in [-0.05, 0) is 48.7 Å². The van der Waals surface area contributed by atoms with Crippen LogP contribution in [0.5, 0.6) is 0 Å². The van der Waals surface area contributed by atoms with Gasteiger partial charge in [-0.1, -0.05) is 35.3 Å². The van der Waals surface area contributed by atoms with Crippen LogP contribution in [0.4, 0.5) is 5.69 Å². The second kappa shape index (κ2) is 7.46. The zero-order chi connectivity index (χ0) is 15.2. The molecular formula is C16H15Cl2NO2. The van der Waals surface area contributed by atoms with Gasteiger partial charge < -0.3 is 10.4 Å². The number of anilines is 1. The molecule has 0 aliphatic heterocycles. The van der Waals surface area contributed by atoms with E-state index in [1.54, 1.807) is 18.2 Å². The van der Waals surface area contributed by atoms with Crippen molar-refractivity contribution in [1.82, 2.24) is 0 Å². The maximum atomic E-state index is 12.2. The van der Waals surface area contributed by atoms with Crippen LogP contribution in [0.2, 0.25) is 10.0 Å². The van der Waals surface area contributed by atoms with Gasteiger partial charge in [-0.15, -0.1) is 0 Å². The Bertz CT molecular complexity index is 624. The molecule has 0 radical (unpaired) electrons. The van der Waals surface area contributed by atoms with E-state index >= 15 is 0 Å². The van der Waals surface area contributed by atoms with Gasteiger partial charge >= 0.3 is 0 Å². The number of carbonyl (C=O) groups excluding carboxylic acids is 1. The predicted molar refractivity (Wildman–Crippen MR) is 86.3 cm³/mol. The zero-order valence-electron chi connectivity index (χ0n) is 11.3. The van der Waals surface area contributed by atoms with Gasteiger partial charge in [-0.2, -0.15) is 0 Å². The summed E-state index contributed by atoms with van der Waals surface area (Å²) in [5.41, 5.74) is 2.17. The Labute approximate surface area is 133 Å². The molecule has 2 rings (SSSR count). The SMILES string of the molecule is O=C(Nc1cccc(CCCO)c1)c1cc(Cl)cc(Cl)c1. The molecule has 0 saturated carbocycles. The summed E-state index contributed by atoms with van der Waals surface area (Å²) < 4.78 is 0. The lowest BCUT2D eigenvalue weighted by Gasteiger charge is -2.08.